The van der Waals surface area contributed by atoms with Crippen LogP contribution in [0.25, 0.3) is 18.2 Å². The number of hydrogen-bond acceptors (Lipinski definition) is 7. The molecule has 1 amide bonds. The van der Waals surface area contributed by atoms with Gasteiger partial charge in [-0.15, -0.1) is 0 Å². The molecule has 0 saturated heterocycles. The summed E-state index contributed by atoms with van der Waals surface area (Å²) in [5, 5.41) is 13.8. The van der Waals surface area contributed by atoms with E-state index in [1.807, 2.05) is 42.5 Å². The van der Waals surface area contributed by atoms with Crippen LogP contribution in [0.15, 0.2) is 60.7 Å². The first-order chi connectivity index (χ1) is 17.4. The number of rotatable bonds is 10. The summed E-state index contributed by atoms with van der Waals surface area (Å²) in [6.07, 6.45) is 6.69. The lowest BCUT2D eigenvalue weighted by atomic mass is 10.1. The van der Waals surface area contributed by atoms with Crippen LogP contribution in [-0.2, 0) is 4.79 Å². The van der Waals surface area contributed by atoms with E-state index < -0.39 is 4.92 Å². The molecular weight excluding hydrogens is 464 g/mol. The van der Waals surface area contributed by atoms with Crippen LogP contribution in [-0.4, -0.2) is 39.3 Å². The zero-order chi connectivity index (χ0) is 26.1. The van der Waals surface area contributed by atoms with E-state index in [9.17, 15) is 14.9 Å². The first kappa shape index (κ1) is 25.8. The molecule has 0 spiro atoms. The number of anilines is 1. The van der Waals surface area contributed by atoms with Gasteiger partial charge in [-0.1, -0.05) is 24.3 Å². The minimum absolute atomic E-state index is 0.120. The van der Waals surface area contributed by atoms with E-state index >= 15 is 0 Å². The van der Waals surface area contributed by atoms with Crippen molar-refractivity contribution in [2.45, 2.75) is 0 Å². The summed E-state index contributed by atoms with van der Waals surface area (Å²) in [6, 6.07) is 15.4. The number of carbonyl (C=O) groups excluding carboxylic acids is 1. The third-order valence-corrected chi connectivity index (χ3v) is 5.14. The summed E-state index contributed by atoms with van der Waals surface area (Å²) in [5.41, 5.74) is 2.77. The van der Waals surface area contributed by atoms with E-state index in [1.165, 1.54) is 25.3 Å². The lowest BCUT2D eigenvalue weighted by Gasteiger charge is -2.12. The van der Waals surface area contributed by atoms with Crippen LogP contribution in [0.2, 0.25) is 0 Å². The van der Waals surface area contributed by atoms with Gasteiger partial charge in [0.2, 0.25) is 11.7 Å². The van der Waals surface area contributed by atoms with Gasteiger partial charge in [0.1, 0.15) is 0 Å². The highest BCUT2D eigenvalue weighted by Gasteiger charge is 2.14. The standard InChI is InChI=1S/C27H26N2O7/c1-33-23-15-19(10-12-22(23)29(31)32)11-13-26(30)28-21-7-5-6-18(14-21)8-9-20-16-24(34-2)27(36-4)25(17-20)35-3/h5-17H,1-4H3,(H,28,30)/b9-8?,13-11+. The van der Waals surface area contributed by atoms with Crippen molar-refractivity contribution in [3.8, 4) is 23.0 Å². The zero-order valence-electron chi connectivity index (χ0n) is 20.3. The molecule has 3 aromatic rings. The van der Waals surface area contributed by atoms with Crippen molar-refractivity contribution in [2.75, 3.05) is 33.8 Å². The van der Waals surface area contributed by atoms with Crippen molar-refractivity contribution in [3.63, 3.8) is 0 Å². The predicted octanol–water partition coefficient (Wildman–Crippen LogP) is 5.45. The molecule has 0 atom stereocenters. The van der Waals surface area contributed by atoms with Crippen LogP contribution in [0, 0.1) is 10.1 Å². The number of nitro groups is 1. The third kappa shape index (κ3) is 6.41. The average Bonchev–Trinajstić information content (AvgIpc) is 2.89. The highest BCUT2D eigenvalue weighted by atomic mass is 16.6. The van der Waals surface area contributed by atoms with Crippen LogP contribution in [0.1, 0.15) is 16.7 Å². The lowest BCUT2D eigenvalue weighted by molar-refractivity contribution is -0.385. The second kappa shape index (κ2) is 12.1. The molecule has 3 aromatic carbocycles. The Morgan fingerprint density at radius 1 is 0.778 bits per heavy atom. The first-order valence-electron chi connectivity index (χ1n) is 10.8. The van der Waals surface area contributed by atoms with Gasteiger partial charge in [-0.2, -0.15) is 0 Å². The smallest absolute Gasteiger partial charge is 0.310 e. The van der Waals surface area contributed by atoms with Crippen molar-refractivity contribution in [2.24, 2.45) is 0 Å². The Balaban J connectivity index is 1.72. The molecule has 36 heavy (non-hydrogen) atoms. The largest absolute Gasteiger partial charge is 0.493 e. The molecular formula is C27H26N2O7. The van der Waals surface area contributed by atoms with E-state index in [-0.39, 0.29) is 17.3 Å². The number of nitrogens with one attached hydrogen (secondary N) is 1. The molecule has 0 aliphatic carbocycles. The second-order valence-corrected chi connectivity index (χ2v) is 7.43. The maximum atomic E-state index is 12.4. The van der Waals surface area contributed by atoms with Crippen LogP contribution in [0.5, 0.6) is 23.0 Å². The van der Waals surface area contributed by atoms with Crippen LogP contribution in [0.3, 0.4) is 0 Å². The predicted molar refractivity (Wildman–Crippen MR) is 139 cm³/mol. The van der Waals surface area contributed by atoms with Crippen molar-refractivity contribution in [1.82, 2.24) is 0 Å². The first-order valence-corrected chi connectivity index (χ1v) is 10.8. The van der Waals surface area contributed by atoms with E-state index in [1.54, 1.807) is 39.5 Å². The number of benzene rings is 3. The molecule has 0 aromatic heterocycles. The van der Waals surface area contributed by atoms with Crippen LogP contribution >= 0.6 is 0 Å². The third-order valence-electron chi connectivity index (χ3n) is 5.14. The molecule has 0 unspecified atom stereocenters. The molecule has 1 N–H and O–H groups in total. The summed E-state index contributed by atoms with van der Waals surface area (Å²) >= 11 is 0. The Morgan fingerprint density at radius 3 is 2.00 bits per heavy atom. The number of carbonyl (C=O) groups is 1. The molecule has 9 nitrogen and oxygen atoms in total. The Labute approximate surface area is 208 Å². The van der Waals surface area contributed by atoms with Gasteiger partial charge in [0.15, 0.2) is 17.2 Å². The maximum absolute atomic E-state index is 12.4. The minimum Gasteiger partial charge on any atom is -0.493 e. The quantitative estimate of drug-likeness (QED) is 0.174. The summed E-state index contributed by atoms with van der Waals surface area (Å²) in [7, 11) is 6.02. The SMILES string of the molecule is COc1cc(/C=C/C(=O)Nc2cccc(C=Cc3cc(OC)c(OC)c(OC)c3)c2)ccc1[N+](=O)[O-]. The fraction of sp³-hybridized carbons (Fsp3) is 0.148. The molecule has 0 heterocycles. The lowest BCUT2D eigenvalue weighted by Crippen LogP contribution is -2.07. The number of nitrogens with zero attached hydrogens (tertiary/aromatic N) is 1. The highest BCUT2D eigenvalue weighted by Crippen LogP contribution is 2.38. The molecule has 0 saturated carbocycles. The van der Waals surface area contributed by atoms with Gasteiger partial charge in [-0.05, 0) is 59.2 Å². The van der Waals surface area contributed by atoms with E-state index in [0.29, 0.717) is 28.5 Å². The molecule has 0 aliphatic heterocycles. The van der Waals surface area contributed by atoms with E-state index in [2.05, 4.69) is 5.32 Å². The second-order valence-electron chi connectivity index (χ2n) is 7.43. The number of nitro benzene ring substituents is 1. The Morgan fingerprint density at radius 2 is 1.39 bits per heavy atom. The van der Waals surface area contributed by atoms with Crippen molar-refractivity contribution in [1.29, 1.82) is 0 Å². The fourth-order valence-corrected chi connectivity index (χ4v) is 3.41. The van der Waals surface area contributed by atoms with Crippen LogP contribution < -0.4 is 24.3 Å². The number of methoxy groups -OCH3 is 4. The Bertz CT molecular complexity index is 1290. The molecule has 186 valence electrons. The van der Waals surface area contributed by atoms with E-state index in [0.717, 1.165) is 11.1 Å². The highest BCUT2D eigenvalue weighted by molar-refractivity contribution is 6.02. The summed E-state index contributed by atoms with van der Waals surface area (Å²) in [6.45, 7) is 0. The molecule has 0 radical (unpaired) electrons. The van der Waals surface area contributed by atoms with Gasteiger partial charge in [0.05, 0.1) is 33.4 Å². The zero-order valence-corrected chi connectivity index (χ0v) is 20.3. The number of amides is 1. The van der Waals surface area contributed by atoms with Gasteiger partial charge >= 0.3 is 5.69 Å². The van der Waals surface area contributed by atoms with E-state index in [4.69, 9.17) is 18.9 Å². The van der Waals surface area contributed by atoms with Crippen molar-refractivity contribution < 1.29 is 28.7 Å². The molecule has 0 fully saturated rings. The molecule has 0 aliphatic rings. The van der Waals surface area contributed by atoms with Gasteiger partial charge in [-0.3, -0.25) is 14.9 Å². The molecule has 0 bridgehead atoms. The van der Waals surface area contributed by atoms with Crippen LogP contribution in [0.4, 0.5) is 11.4 Å². The normalized spacial score (nSPS) is 10.9. The summed E-state index contributed by atoms with van der Waals surface area (Å²) < 4.78 is 21.2. The summed E-state index contributed by atoms with van der Waals surface area (Å²) in [5.74, 6) is 1.39. The Kier molecular flexibility index (Phi) is 8.66. The number of hydrogen-bond donors (Lipinski definition) is 1. The topological polar surface area (TPSA) is 109 Å². The van der Waals surface area contributed by atoms with Gasteiger partial charge < -0.3 is 24.3 Å². The average molecular weight is 491 g/mol. The van der Waals surface area contributed by atoms with Crippen molar-refractivity contribution in [3.05, 3.63) is 87.5 Å². The number of ether oxygens (including phenoxy) is 4. The monoisotopic (exact) mass is 490 g/mol. The Hall–Kier alpha value is -4.79. The van der Waals surface area contributed by atoms with Gasteiger partial charge in [-0.25, -0.2) is 0 Å². The van der Waals surface area contributed by atoms with Gasteiger partial charge in [0.25, 0.3) is 0 Å². The summed E-state index contributed by atoms with van der Waals surface area (Å²) in [4.78, 5) is 22.9. The minimum atomic E-state index is -0.526. The molecule has 3 rings (SSSR count). The van der Waals surface area contributed by atoms with Gasteiger partial charge in [0, 0.05) is 17.8 Å². The maximum Gasteiger partial charge on any atom is 0.310 e. The fourth-order valence-electron chi connectivity index (χ4n) is 3.41. The molecule has 9 heteroatoms. The van der Waals surface area contributed by atoms with Crippen molar-refractivity contribution >= 4 is 35.5 Å².